The molecule has 0 amide bonds. The minimum atomic E-state index is 0.170. The summed E-state index contributed by atoms with van der Waals surface area (Å²) < 4.78 is 0.997. The summed E-state index contributed by atoms with van der Waals surface area (Å²) in [5.41, 5.74) is 1.22. The van der Waals surface area contributed by atoms with Gasteiger partial charge in [0.05, 0.1) is 15.2 Å². The van der Waals surface area contributed by atoms with Gasteiger partial charge in [-0.05, 0) is 40.7 Å². The van der Waals surface area contributed by atoms with E-state index in [9.17, 15) is 4.79 Å². The highest BCUT2D eigenvalue weighted by Crippen LogP contribution is 2.22. The average molecular weight is 324 g/mol. The normalized spacial score (nSPS) is 10.8. The Kier molecular flexibility index (Phi) is 4.69. The predicted molar refractivity (Wildman–Crippen MR) is 79.1 cm³/mol. The zero-order chi connectivity index (χ0) is 13.0. The molecule has 0 aliphatic rings. The summed E-state index contributed by atoms with van der Waals surface area (Å²) in [5.74, 6) is 0.170. The first-order valence-corrected chi connectivity index (χ1v) is 7.27. The van der Waals surface area contributed by atoms with Gasteiger partial charge in [0.25, 0.3) is 0 Å². The molecular weight excluding hydrogens is 310 g/mol. The fraction of sp³-hybridized carbons (Fsp3) is 0.214. The summed E-state index contributed by atoms with van der Waals surface area (Å²) in [6, 6.07) is 14.0. The first-order chi connectivity index (χ1) is 8.65. The summed E-state index contributed by atoms with van der Waals surface area (Å²) in [5, 5.41) is 0. The third-order valence-electron chi connectivity index (χ3n) is 2.56. The number of hydrogen-bond acceptors (Lipinski definition) is 3. The van der Waals surface area contributed by atoms with Crippen molar-refractivity contribution in [2.24, 2.45) is 0 Å². The number of halogens is 1. The van der Waals surface area contributed by atoms with Crippen LogP contribution in [-0.2, 0) is 6.54 Å². The first-order valence-electron chi connectivity index (χ1n) is 5.66. The van der Waals surface area contributed by atoms with Crippen molar-refractivity contribution in [2.45, 2.75) is 6.54 Å². The number of benzene rings is 1. The molecule has 0 saturated heterocycles. The Morgan fingerprint density at radius 2 is 1.94 bits per heavy atom. The molecule has 2 nitrogen and oxygen atoms in total. The van der Waals surface area contributed by atoms with Gasteiger partial charge >= 0.3 is 0 Å². The van der Waals surface area contributed by atoms with Crippen molar-refractivity contribution in [3.05, 3.63) is 56.7 Å². The Bertz CT molecular complexity index is 524. The molecule has 1 aromatic heterocycles. The topological polar surface area (TPSA) is 20.3 Å². The van der Waals surface area contributed by atoms with Gasteiger partial charge in [0, 0.05) is 6.54 Å². The summed E-state index contributed by atoms with van der Waals surface area (Å²) in [6.07, 6.45) is 0. The lowest BCUT2D eigenvalue weighted by atomic mass is 10.2. The van der Waals surface area contributed by atoms with Crippen molar-refractivity contribution in [1.29, 1.82) is 0 Å². The summed E-state index contributed by atoms with van der Waals surface area (Å²) in [4.78, 5) is 14.8. The lowest BCUT2D eigenvalue weighted by Gasteiger charge is -2.15. The monoisotopic (exact) mass is 323 g/mol. The second-order valence-electron chi connectivity index (χ2n) is 4.18. The van der Waals surface area contributed by atoms with Crippen LogP contribution in [-0.4, -0.2) is 24.3 Å². The van der Waals surface area contributed by atoms with Crippen LogP contribution in [0, 0.1) is 0 Å². The molecule has 2 aromatic rings. The molecule has 0 radical (unpaired) electrons. The number of ketones is 1. The molecule has 0 aliphatic carbocycles. The summed E-state index contributed by atoms with van der Waals surface area (Å²) in [6.45, 7) is 1.24. The van der Waals surface area contributed by atoms with E-state index in [-0.39, 0.29) is 5.78 Å². The number of nitrogens with zero attached hydrogens (tertiary/aromatic N) is 1. The molecule has 18 heavy (non-hydrogen) atoms. The van der Waals surface area contributed by atoms with E-state index in [4.69, 9.17) is 0 Å². The largest absolute Gasteiger partial charge is 0.295 e. The van der Waals surface area contributed by atoms with E-state index in [0.29, 0.717) is 6.54 Å². The van der Waals surface area contributed by atoms with E-state index < -0.39 is 0 Å². The van der Waals surface area contributed by atoms with Gasteiger partial charge < -0.3 is 0 Å². The second kappa shape index (κ2) is 6.27. The highest BCUT2D eigenvalue weighted by molar-refractivity contribution is 9.11. The van der Waals surface area contributed by atoms with E-state index in [2.05, 4.69) is 28.1 Å². The fourth-order valence-electron chi connectivity index (χ4n) is 1.74. The SMILES string of the molecule is CN(CC(=O)c1ccc(Br)s1)Cc1ccccc1. The third-order valence-corrected chi connectivity index (χ3v) is 4.22. The van der Waals surface area contributed by atoms with Crippen LogP contribution in [0.2, 0.25) is 0 Å². The van der Waals surface area contributed by atoms with Gasteiger partial charge in [0.1, 0.15) is 0 Å². The van der Waals surface area contributed by atoms with E-state index >= 15 is 0 Å². The van der Waals surface area contributed by atoms with Gasteiger partial charge in [-0.25, -0.2) is 0 Å². The van der Waals surface area contributed by atoms with Crippen molar-refractivity contribution < 1.29 is 4.79 Å². The van der Waals surface area contributed by atoms with Crippen LogP contribution >= 0.6 is 27.3 Å². The maximum atomic E-state index is 12.0. The maximum absolute atomic E-state index is 12.0. The molecule has 0 N–H and O–H groups in total. The Labute approximate surface area is 119 Å². The lowest BCUT2D eigenvalue weighted by molar-refractivity contribution is 0.0947. The number of likely N-dealkylation sites (N-methyl/N-ethyl adjacent to an activating group) is 1. The van der Waals surface area contributed by atoms with Crippen molar-refractivity contribution >= 4 is 33.0 Å². The quantitative estimate of drug-likeness (QED) is 0.779. The van der Waals surface area contributed by atoms with Gasteiger partial charge in [-0.3, -0.25) is 9.69 Å². The molecule has 1 aromatic carbocycles. The number of rotatable bonds is 5. The van der Waals surface area contributed by atoms with Crippen LogP contribution in [0.15, 0.2) is 46.3 Å². The van der Waals surface area contributed by atoms with E-state index in [1.807, 2.05) is 42.3 Å². The molecule has 0 fully saturated rings. The average Bonchev–Trinajstić information content (AvgIpc) is 2.77. The molecule has 4 heteroatoms. The molecule has 0 saturated carbocycles. The lowest BCUT2D eigenvalue weighted by Crippen LogP contribution is -2.25. The van der Waals surface area contributed by atoms with Crippen molar-refractivity contribution in [2.75, 3.05) is 13.6 Å². The number of thiophene rings is 1. The van der Waals surface area contributed by atoms with Crippen LogP contribution in [0.3, 0.4) is 0 Å². The van der Waals surface area contributed by atoms with Crippen LogP contribution < -0.4 is 0 Å². The molecule has 1 heterocycles. The molecule has 2 rings (SSSR count). The second-order valence-corrected chi connectivity index (χ2v) is 6.65. The number of Topliss-reactive ketones (excluding diaryl/α,β-unsaturated/α-hetero) is 1. The smallest absolute Gasteiger partial charge is 0.186 e. The minimum Gasteiger partial charge on any atom is -0.295 e. The zero-order valence-corrected chi connectivity index (χ0v) is 12.5. The van der Waals surface area contributed by atoms with Gasteiger partial charge in [0.15, 0.2) is 5.78 Å². The Morgan fingerprint density at radius 3 is 2.56 bits per heavy atom. The van der Waals surface area contributed by atoms with E-state index in [0.717, 1.165) is 15.2 Å². The Hall–Kier alpha value is -0.970. The van der Waals surface area contributed by atoms with Crippen molar-refractivity contribution in [3.63, 3.8) is 0 Å². The van der Waals surface area contributed by atoms with Crippen LogP contribution in [0.4, 0.5) is 0 Å². The molecule has 0 aliphatic heterocycles. The summed E-state index contributed by atoms with van der Waals surface area (Å²) in [7, 11) is 1.97. The van der Waals surface area contributed by atoms with Crippen LogP contribution in [0.25, 0.3) is 0 Å². The molecule has 0 atom stereocenters. The Morgan fingerprint density at radius 1 is 1.22 bits per heavy atom. The van der Waals surface area contributed by atoms with Gasteiger partial charge in [-0.15, -0.1) is 11.3 Å². The van der Waals surface area contributed by atoms with E-state index in [1.54, 1.807) is 0 Å². The highest BCUT2D eigenvalue weighted by atomic mass is 79.9. The highest BCUT2D eigenvalue weighted by Gasteiger charge is 2.11. The predicted octanol–water partition coefficient (Wildman–Crippen LogP) is 3.83. The molecule has 94 valence electrons. The minimum absolute atomic E-state index is 0.170. The van der Waals surface area contributed by atoms with Crippen LogP contribution in [0.5, 0.6) is 0 Å². The fourth-order valence-corrected chi connectivity index (χ4v) is 3.05. The standard InChI is InChI=1S/C14H14BrNOS/c1-16(9-11-5-3-2-4-6-11)10-12(17)13-7-8-14(15)18-13/h2-8H,9-10H2,1H3. The Balaban J connectivity index is 1.92. The van der Waals surface area contributed by atoms with Gasteiger partial charge in [-0.1, -0.05) is 30.3 Å². The van der Waals surface area contributed by atoms with Crippen molar-refractivity contribution in [1.82, 2.24) is 4.90 Å². The maximum Gasteiger partial charge on any atom is 0.186 e. The molecule has 0 spiro atoms. The number of hydrogen-bond donors (Lipinski definition) is 0. The van der Waals surface area contributed by atoms with E-state index in [1.165, 1.54) is 16.9 Å². The van der Waals surface area contributed by atoms with Crippen molar-refractivity contribution in [3.8, 4) is 0 Å². The molecular formula is C14H14BrNOS. The van der Waals surface area contributed by atoms with Crippen LogP contribution in [0.1, 0.15) is 15.2 Å². The third kappa shape index (κ3) is 3.77. The number of carbonyl (C=O) groups is 1. The summed E-state index contributed by atoms with van der Waals surface area (Å²) >= 11 is 4.86. The molecule has 0 bridgehead atoms. The first kappa shape index (κ1) is 13.5. The zero-order valence-electron chi connectivity index (χ0n) is 10.1. The van der Waals surface area contributed by atoms with Gasteiger partial charge in [0.2, 0.25) is 0 Å². The molecule has 0 unspecified atom stereocenters. The number of carbonyl (C=O) groups excluding carboxylic acids is 1. The van der Waals surface area contributed by atoms with Gasteiger partial charge in [-0.2, -0.15) is 0 Å².